The summed E-state index contributed by atoms with van der Waals surface area (Å²) >= 11 is 0. The van der Waals surface area contributed by atoms with E-state index in [0.717, 1.165) is 6.42 Å². The van der Waals surface area contributed by atoms with Crippen LogP contribution in [0.4, 0.5) is 5.69 Å². The van der Waals surface area contributed by atoms with Gasteiger partial charge in [0.15, 0.2) is 5.75 Å². The molecular weight excluding hydrogens is 322 g/mol. The van der Waals surface area contributed by atoms with Gasteiger partial charge in [-0.05, 0) is 25.6 Å². The fourth-order valence-electron chi connectivity index (χ4n) is 2.54. The fourth-order valence-corrected chi connectivity index (χ4v) is 3.94. The molecule has 0 aliphatic carbocycles. The van der Waals surface area contributed by atoms with Gasteiger partial charge in [-0.2, -0.15) is 0 Å². The molecule has 136 valence electrons. The molecule has 0 atom stereocenters. The van der Waals surface area contributed by atoms with Gasteiger partial charge in [0.25, 0.3) is 0 Å². The Kier molecular flexibility index (Phi) is 9.64. The third-order valence-corrected chi connectivity index (χ3v) is 5.48. The predicted molar refractivity (Wildman–Crippen MR) is 99.8 cm³/mol. The van der Waals surface area contributed by atoms with Crippen molar-refractivity contribution in [1.82, 2.24) is 0 Å². The van der Waals surface area contributed by atoms with Gasteiger partial charge >= 0.3 is 14.2 Å². The number of nitro benzene ring substituents is 1. The highest BCUT2D eigenvalue weighted by Crippen LogP contribution is 2.28. The van der Waals surface area contributed by atoms with Crippen molar-refractivity contribution in [1.29, 1.82) is 0 Å². The molecule has 0 bridgehead atoms. The van der Waals surface area contributed by atoms with Gasteiger partial charge in [-0.1, -0.05) is 64.0 Å². The van der Waals surface area contributed by atoms with Crippen molar-refractivity contribution in [3.05, 3.63) is 34.4 Å². The van der Waals surface area contributed by atoms with Gasteiger partial charge in [0, 0.05) is 12.7 Å². The molecule has 0 saturated carbocycles. The molecule has 5 nitrogen and oxygen atoms in total. The van der Waals surface area contributed by atoms with Crippen molar-refractivity contribution in [2.45, 2.75) is 71.4 Å². The maximum atomic E-state index is 11.0. The van der Waals surface area contributed by atoms with Gasteiger partial charge in [-0.25, -0.2) is 0 Å². The highest BCUT2D eigenvalue weighted by atomic mass is 28.4. The molecule has 1 aromatic carbocycles. The quantitative estimate of drug-likeness (QED) is 0.194. The van der Waals surface area contributed by atoms with E-state index in [1.54, 1.807) is 18.2 Å². The first-order valence-corrected chi connectivity index (χ1v) is 11.8. The third kappa shape index (κ3) is 8.45. The van der Waals surface area contributed by atoms with Gasteiger partial charge in [-0.3, -0.25) is 10.1 Å². The summed E-state index contributed by atoms with van der Waals surface area (Å²) in [6.07, 6.45) is 10.0. The average Bonchev–Trinajstić information content (AvgIpc) is 2.53. The number of nitrogens with zero attached hydrogens (tertiary/aromatic N) is 1. The zero-order valence-electron chi connectivity index (χ0n) is 15.3. The lowest BCUT2D eigenvalue weighted by molar-refractivity contribution is -0.385. The van der Waals surface area contributed by atoms with Crippen LogP contribution in [-0.4, -0.2) is 20.1 Å². The molecule has 0 saturated heterocycles. The summed E-state index contributed by atoms with van der Waals surface area (Å²) in [5, 5.41) is 11.0. The molecule has 0 amide bonds. The van der Waals surface area contributed by atoms with Crippen molar-refractivity contribution in [2.75, 3.05) is 6.61 Å². The SMILES string of the molecule is CCCCCCCCCCO[Si](C)(C)Oc1ccccc1[N+](=O)[O-]. The Hall–Kier alpha value is -1.40. The predicted octanol–water partition coefficient (Wildman–Crippen LogP) is 5.83. The Morgan fingerprint density at radius 3 is 2.21 bits per heavy atom. The van der Waals surface area contributed by atoms with Gasteiger partial charge in [0.2, 0.25) is 0 Å². The highest BCUT2D eigenvalue weighted by Gasteiger charge is 2.29. The van der Waals surface area contributed by atoms with Crippen LogP contribution in [0.5, 0.6) is 5.75 Å². The summed E-state index contributed by atoms with van der Waals surface area (Å²) < 4.78 is 11.7. The summed E-state index contributed by atoms with van der Waals surface area (Å²) in [6, 6.07) is 6.47. The first-order valence-electron chi connectivity index (χ1n) is 9.02. The minimum Gasteiger partial charge on any atom is -0.515 e. The minimum absolute atomic E-state index is 0.00578. The number of nitro groups is 1. The van der Waals surface area contributed by atoms with Gasteiger partial charge in [0.1, 0.15) is 0 Å². The standard InChI is InChI=1S/C18H31NO4Si/c1-4-5-6-7-8-9-10-13-16-22-24(2,3)23-18-15-12-11-14-17(18)19(20)21/h11-12,14-15H,4-10,13,16H2,1-3H3. The second-order valence-corrected chi connectivity index (χ2v) is 9.84. The first kappa shape index (κ1) is 20.6. The largest absolute Gasteiger partial charge is 0.515 e. The van der Waals surface area contributed by atoms with E-state index >= 15 is 0 Å². The molecule has 6 heteroatoms. The molecule has 24 heavy (non-hydrogen) atoms. The smallest absolute Gasteiger partial charge is 0.392 e. The van der Waals surface area contributed by atoms with E-state index < -0.39 is 13.5 Å². The lowest BCUT2D eigenvalue weighted by atomic mass is 10.1. The number of benzene rings is 1. The van der Waals surface area contributed by atoms with Crippen molar-refractivity contribution in [3.63, 3.8) is 0 Å². The monoisotopic (exact) mass is 353 g/mol. The fraction of sp³-hybridized carbons (Fsp3) is 0.667. The molecule has 0 fully saturated rings. The van der Waals surface area contributed by atoms with E-state index in [1.807, 2.05) is 13.1 Å². The second kappa shape index (κ2) is 11.2. The van der Waals surface area contributed by atoms with Crippen LogP contribution in [0, 0.1) is 10.1 Å². The number of unbranched alkanes of at least 4 members (excludes halogenated alkanes) is 7. The highest BCUT2D eigenvalue weighted by molar-refractivity contribution is 6.65. The topological polar surface area (TPSA) is 61.6 Å². The maximum absolute atomic E-state index is 11.0. The number of hydrogen-bond donors (Lipinski definition) is 0. The molecule has 1 aromatic rings. The number of rotatable bonds is 13. The first-order chi connectivity index (χ1) is 11.5. The minimum atomic E-state index is -2.41. The Morgan fingerprint density at radius 2 is 1.58 bits per heavy atom. The Bertz CT molecular complexity index is 494. The van der Waals surface area contributed by atoms with Gasteiger partial charge < -0.3 is 8.85 Å². The lowest BCUT2D eigenvalue weighted by Crippen LogP contribution is -2.38. The molecule has 0 aromatic heterocycles. The summed E-state index contributed by atoms with van der Waals surface area (Å²) in [7, 11) is -2.41. The average molecular weight is 354 g/mol. The van der Waals surface area contributed by atoms with Crippen LogP contribution in [0.3, 0.4) is 0 Å². The van der Waals surface area contributed by atoms with E-state index in [9.17, 15) is 10.1 Å². The van der Waals surface area contributed by atoms with E-state index in [4.69, 9.17) is 8.85 Å². The Labute approximate surface area is 146 Å². The lowest BCUT2D eigenvalue weighted by Gasteiger charge is -2.23. The van der Waals surface area contributed by atoms with Crippen LogP contribution < -0.4 is 4.43 Å². The maximum Gasteiger partial charge on any atom is 0.392 e. The van der Waals surface area contributed by atoms with Crippen LogP contribution in [0.2, 0.25) is 13.1 Å². The normalized spacial score (nSPS) is 11.5. The summed E-state index contributed by atoms with van der Waals surface area (Å²) in [6.45, 7) is 6.74. The molecule has 0 heterocycles. The zero-order valence-corrected chi connectivity index (χ0v) is 16.3. The second-order valence-electron chi connectivity index (χ2n) is 6.55. The molecule has 1 rings (SSSR count). The molecule has 0 N–H and O–H groups in total. The molecule has 0 aliphatic heterocycles. The number of para-hydroxylation sites is 2. The van der Waals surface area contributed by atoms with E-state index in [2.05, 4.69) is 6.92 Å². The van der Waals surface area contributed by atoms with E-state index in [-0.39, 0.29) is 5.69 Å². The molecule has 0 radical (unpaired) electrons. The Balaban J connectivity index is 2.26. The van der Waals surface area contributed by atoms with E-state index in [0.29, 0.717) is 12.4 Å². The van der Waals surface area contributed by atoms with Gasteiger partial charge in [0.05, 0.1) is 4.92 Å². The van der Waals surface area contributed by atoms with Crippen LogP contribution in [0.15, 0.2) is 24.3 Å². The molecule has 0 unspecified atom stereocenters. The van der Waals surface area contributed by atoms with Crippen LogP contribution in [0.25, 0.3) is 0 Å². The van der Waals surface area contributed by atoms with Crippen LogP contribution in [0.1, 0.15) is 58.3 Å². The summed E-state index contributed by atoms with van der Waals surface area (Å²) in [5.74, 6) is 0.301. The number of hydrogen-bond acceptors (Lipinski definition) is 4. The summed E-state index contributed by atoms with van der Waals surface area (Å²) in [5.41, 5.74) is -0.00578. The van der Waals surface area contributed by atoms with Crippen molar-refractivity contribution < 1.29 is 13.8 Å². The Morgan fingerprint density at radius 1 is 1.00 bits per heavy atom. The molecule has 0 aliphatic rings. The van der Waals surface area contributed by atoms with Crippen LogP contribution in [-0.2, 0) is 4.43 Å². The van der Waals surface area contributed by atoms with Crippen LogP contribution >= 0.6 is 0 Å². The molecular formula is C18H31NO4Si. The van der Waals surface area contributed by atoms with Gasteiger partial charge in [-0.15, -0.1) is 0 Å². The molecule has 0 spiro atoms. The van der Waals surface area contributed by atoms with Crippen molar-refractivity contribution in [3.8, 4) is 5.75 Å². The third-order valence-electron chi connectivity index (χ3n) is 3.87. The van der Waals surface area contributed by atoms with E-state index in [1.165, 1.54) is 51.0 Å². The van der Waals surface area contributed by atoms with Crippen molar-refractivity contribution >= 4 is 14.2 Å². The summed E-state index contributed by atoms with van der Waals surface area (Å²) in [4.78, 5) is 10.6. The van der Waals surface area contributed by atoms with Crippen molar-refractivity contribution in [2.24, 2.45) is 0 Å². The zero-order chi connectivity index (χ0) is 17.8.